The molecular formula is C44H39ClFN3O8. The lowest BCUT2D eigenvalue weighted by Gasteiger charge is -2.49. The Morgan fingerprint density at radius 3 is 2.19 bits per heavy atom. The minimum absolute atomic E-state index is 0.0951. The van der Waals surface area contributed by atoms with Crippen LogP contribution in [0.15, 0.2) is 103 Å². The summed E-state index contributed by atoms with van der Waals surface area (Å²) in [4.78, 5) is 59.8. The molecular weight excluding hydrogens is 753 g/mol. The molecule has 4 aliphatic rings. The Labute approximate surface area is 332 Å². The van der Waals surface area contributed by atoms with Crippen molar-refractivity contribution >= 4 is 47.0 Å². The zero-order chi connectivity index (χ0) is 40.2. The van der Waals surface area contributed by atoms with Crippen LogP contribution >= 0.6 is 11.6 Å². The molecule has 4 aromatic carbocycles. The highest BCUT2D eigenvalue weighted by Gasteiger charge is 2.69. The molecule has 2 saturated heterocycles. The molecule has 1 saturated carbocycles. The molecule has 4 aromatic rings. The van der Waals surface area contributed by atoms with Gasteiger partial charge in [-0.05, 0) is 103 Å². The van der Waals surface area contributed by atoms with Crippen LogP contribution < -0.4 is 14.9 Å². The molecule has 2 aliphatic heterocycles. The molecule has 8 rings (SSSR count). The van der Waals surface area contributed by atoms with Crippen molar-refractivity contribution in [1.29, 1.82) is 0 Å². The summed E-state index contributed by atoms with van der Waals surface area (Å²) in [5.41, 5.74) is 4.40. The van der Waals surface area contributed by atoms with Gasteiger partial charge < -0.3 is 19.7 Å². The predicted molar refractivity (Wildman–Crippen MR) is 209 cm³/mol. The number of rotatable bonds is 10. The fourth-order valence-electron chi connectivity index (χ4n) is 9.31. The highest BCUT2D eigenvalue weighted by molar-refractivity contribution is 6.30. The van der Waals surface area contributed by atoms with Crippen molar-refractivity contribution in [3.05, 3.63) is 130 Å². The first-order valence-corrected chi connectivity index (χ1v) is 19.0. The number of aromatic hydroxyl groups is 2. The van der Waals surface area contributed by atoms with Gasteiger partial charge in [0.1, 0.15) is 11.6 Å². The summed E-state index contributed by atoms with van der Waals surface area (Å²) in [5.74, 6) is -5.77. The van der Waals surface area contributed by atoms with Gasteiger partial charge in [-0.2, -0.15) is 5.01 Å². The lowest BCUT2D eigenvalue weighted by molar-refractivity contribution is -0.141. The molecule has 292 valence electrons. The molecule has 0 unspecified atom stereocenters. The number of phenolic OH excluding ortho intramolecular Hbond substituents is 2. The molecule has 3 fully saturated rings. The lowest BCUT2D eigenvalue weighted by atomic mass is 9.50. The Hall–Kier alpha value is -6.14. The number of hydrogen-bond donors (Lipinski definition) is 3. The van der Waals surface area contributed by atoms with E-state index in [9.17, 15) is 29.0 Å². The normalized spacial score (nSPS) is 25.3. The number of halogens is 2. The first kappa shape index (κ1) is 37.8. The van der Waals surface area contributed by atoms with E-state index in [4.69, 9.17) is 21.1 Å². The third-order valence-electron chi connectivity index (χ3n) is 12.0. The van der Waals surface area contributed by atoms with Crippen molar-refractivity contribution < 1.29 is 43.3 Å². The second kappa shape index (κ2) is 14.7. The Morgan fingerprint density at radius 2 is 1.54 bits per heavy atom. The summed E-state index contributed by atoms with van der Waals surface area (Å²) in [6, 6.07) is 21.9. The van der Waals surface area contributed by atoms with Crippen LogP contribution in [0.5, 0.6) is 23.0 Å². The summed E-state index contributed by atoms with van der Waals surface area (Å²) in [5, 5.41) is 21.8. The second-order valence-electron chi connectivity index (χ2n) is 14.8. The van der Waals surface area contributed by atoms with Gasteiger partial charge in [-0.15, -0.1) is 0 Å². The van der Waals surface area contributed by atoms with Gasteiger partial charge in [0.05, 0.1) is 43.1 Å². The van der Waals surface area contributed by atoms with Crippen molar-refractivity contribution in [3.8, 4) is 23.0 Å². The number of hydrazine groups is 1. The average molecular weight is 792 g/mol. The zero-order valence-electron chi connectivity index (χ0n) is 31.0. The van der Waals surface area contributed by atoms with E-state index in [1.54, 1.807) is 66.7 Å². The molecule has 6 atom stereocenters. The van der Waals surface area contributed by atoms with Crippen LogP contribution in [0.25, 0.3) is 6.08 Å². The number of imide groups is 2. The molecule has 57 heavy (non-hydrogen) atoms. The third-order valence-corrected chi connectivity index (χ3v) is 12.2. The van der Waals surface area contributed by atoms with Crippen LogP contribution in [0, 0.1) is 35.4 Å². The molecule has 0 aromatic heterocycles. The molecule has 13 heteroatoms. The van der Waals surface area contributed by atoms with Crippen LogP contribution in [0.2, 0.25) is 5.02 Å². The van der Waals surface area contributed by atoms with Crippen LogP contribution in [0.4, 0.5) is 10.1 Å². The van der Waals surface area contributed by atoms with Gasteiger partial charge in [0, 0.05) is 17.5 Å². The minimum atomic E-state index is -1.55. The Morgan fingerprint density at radius 1 is 0.877 bits per heavy atom. The minimum Gasteiger partial charge on any atom is -0.508 e. The van der Waals surface area contributed by atoms with Gasteiger partial charge in [-0.25, -0.2) is 4.39 Å². The van der Waals surface area contributed by atoms with Crippen molar-refractivity contribution in [1.82, 2.24) is 9.91 Å². The topological polar surface area (TPSA) is 146 Å². The van der Waals surface area contributed by atoms with Gasteiger partial charge in [-0.3, -0.25) is 29.5 Å². The van der Waals surface area contributed by atoms with E-state index in [2.05, 4.69) is 5.43 Å². The monoisotopic (exact) mass is 791 g/mol. The van der Waals surface area contributed by atoms with Crippen LogP contribution in [-0.2, 0) is 31.0 Å². The predicted octanol–water partition coefficient (Wildman–Crippen LogP) is 6.68. The highest BCUT2D eigenvalue weighted by atomic mass is 35.5. The number of hydrogen-bond acceptors (Lipinski definition) is 9. The fraction of sp³-hybridized carbons (Fsp3) is 0.273. The van der Waals surface area contributed by atoms with Crippen LogP contribution in [-0.4, -0.2) is 64.5 Å². The third kappa shape index (κ3) is 6.28. The largest absolute Gasteiger partial charge is 0.508 e. The fourth-order valence-corrected chi connectivity index (χ4v) is 9.43. The zero-order valence-corrected chi connectivity index (χ0v) is 31.8. The van der Waals surface area contributed by atoms with Crippen LogP contribution in [0.3, 0.4) is 0 Å². The van der Waals surface area contributed by atoms with E-state index in [-0.39, 0.29) is 54.2 Å². The van der Waals surface area contributed by atoms with Gasteiger partial charge in [0.15, 0.2) is 11.5 Å². The molecule has 2 heterocycles. The number of amides is 4. The standard InChI is InChI=1S/C44H39ClFN3O8/c1-56-36-21-25(22-37(57-2)39(36)51)5-18-34-31-16-17-32-38(42(54)48(40(32)52)20-19-24-3-14-30(50)15-4-24)33(31)23-35-41(53)49(47-29-12-10-28(46)11-13-29)43(55)44(34,35)26-6-8-27(45)9-7-26/h3-16,18,21-22,32-35,38,47,50-51H,17,19-20,23H2,1-2H3/t32-,33+,34-,35-,38-,44-/m0/s1. The Kier molecular flexibility index (Phi) is 9.77. The van der Waals surface area contributed by atoms with E-state index in [0.717, 1.165) is 16.1 Å². The number of nitrogens with one attached hydrogen (secondary N) is 1. The number of allylic oxidation sites excluding steroid dienone is 3. The van der Waals surface area contributed by atoms with E-state index < -0.39 is 52.6 Å². The Bertz CT molecular complexity index is 2310. The molecule has 2 aliphatic carbocycles. The number of fused-ring (bicyclic) bond motifs is 4. The van der Waals surface area contributed by atoms with E-state index in [1.807, 2.05) is 12.2 Å². The average Bonchev–Trinajstić information content (AvgIpc) is 3.58. The van der Waals surface area contributed by atoms with Crippen molar-refractivity contribution in [2.24, 2.45) is 29.6 Å². The summed E-state index contributed by atoms with van der Waals surface area (Å²) < 4.78 is 24.7. The second-order valence-corrected chi connectivity index (χ2v) is 15.2. The van der Waals surface area contributed by atoms with Gasteiger partial charge >= 0.3 is 0 Å². The number of ether oxygens (including phenoxy) is 2. The summed E-state index contributed by atoms with van der Waals surface area (Å²) in [7, 11) is 2.83. The van der Waals surface area contributed by atoms with E-state index in [0.29, 0.717) is 28.3 Å². The van der Waals surface area contributed by atoms with Crippen molar-refractivity contribution in [3.63, 3.8) is 0 Å². The first-order chi connectivity index (χ1) is 27.5. The highest BCUT2D eigenvalue weighted by Crippen LogP contribution is 2.61. The Balaban J connectivity index is 1.25. The first-order valence-electron chi connectivity index (χ1n) is 18.6. The summed E-state index contributed by atoms with van der Waals surface area (Å²) in [6.07, 6.45) is 6.29. The van der Waals surface area contributed by atoms with Crippen molar-refractivity contribution in [2.75, 3.05) is 26.2 Å². The van der Waals surface area contributed by atoms with E-state index >= 15 is 4.79 Å². The molecule has 3 N–H and O–H groups in total. The number of nitrogens with zero attached hydrogens (tertiary/aromatic N) is 2. The number of likely N-dealkylation sites (tertiary alicyclic amines) is 1. The number of anilines is 1. The maximum atomic E-state index is 15.3. The maximum absolute atomic E-state index is 15.3. The smallest absolute Gasteiger partial charge is 0.260 e. The number of carbonyl (C=O) groups excluding carboxylic acids is 4. The lowest BCUT2D eigenvalue weighted by Crippen LogP contribution is -2.54. The quantitative estimate of drug-likeness (QED) is 0.118. The molecule has 0 radical (unpaired) electrons. The van der Waals surface area contributed by atoms with Gasteiger partial charge in [0.2, 0.25) is 17.6 Å². The summed E-state index contributed by atoms with van der Waals surface area (Å²) in [6.45, 7) is 0.149. The van der Waals surface area contributed by atoms with Gasteiger partial charge in [-0.1, -0.05) is 59.7 Å². The molecule has 4 amide bonds. The molecule has 11 nitrogen and oxygen atoms in total. The number of methoxy groups -OCH3 is 2. The van der Waals surface area contributed by atoms with Crippen LogP contribution in [0.1, 0.15) is 29.5 Å². The number of benzene rings is 4. The number of phenols is 2. The molecule has 0 spiro atoms. The van der Waals surface area contributed by atoms with Gasteiger partial charge in [0.25, 0.3) is 11.8 Å². The van der Waals surface area contributed by atoms with E-state index in [1.165, 1.54) is 43.4 Å². The summed E-state index contributed by atoms with van der Waals surface area (Å²) >= 11 is 6.38. The van der Waals surface area contributed by atoms with Crippen molar-refractivity contribution in [2.45, 2.75) is 24.7 Å². The SMILES string of the molecule is COc1cc(C=C[C@H]2C3=CC[C@@H]4C(=O)N(CCc5ccc(O)cc5)C(=O)[C@@H]4[C@@H]3C[C@H]3C(=O)N(Nc4ccc(F)cc4)C(=O)[C@@]23c2ccc(Cl)cc2)cc(OC)c1O. The maximum Gasteiger partial charge on any atom is 0.260 e. The number of carbonyl (C=O) groups is 4. The molecule has 0 bridgehead atoms.